The van der Waals surface area contributed by atoms with Crippen molar-refractivity contribution in [3.63, 3.8) is 0 Å². The van der Waals surface area contributed by atoms with Crippen LogP contribution in [0.15, 0.2) is 132 Å². The summed E-state index contributed by atoms with van der Waals surface area (Å²) in [4.78, 5) is 10.4. The number of rotatable bonds is 2. The monoisotopic (exact) mass is 567 g/mol. The van der Waals surface area contributed by atoms with E-state index in [1.807, 2.05) is 47.7 Å². The Morgan fingerprint density at radius 2 is 1.23 bits per heavy atom. The first-order chi connectivity index (χ1) is 21.3. The van der Waals surface area contributed by atoms with Crippen LogP contribution in [-0.2, 0) is 0 Å². The molecule has 0 N–H and O–H groups in total. The van der Waals surface area contributed by atoms with Crippen LogP contribution in [0.2, 0.25) is 0 Å². The van der Waals surface area contributed by atoms with E-state index in [4.69, 9.17) is 14.4 Å². The fourth-order valence-corrected chi connectivity index (χ4v) is 8.06. The van der Waals surface area contributed by atoms with Crippen molar-refractivity contribution in [3.8, 4) is 17.2 Å². The van der Waals surface area contributed by atoms with Gasteiger partial charge in [-0.25, -0.2) is 9.97 Å². The molecule has 0 spiro atoms. The van der Waals surface area contributed by atoms with Gasteiger partial charge < -0.3 is 4.42 Å². The van der Waals surface area contributed by atoms with Gasteiger partial charge in [0.05, 0.1) is 11.0 Å². The summed E-state index contributed by atoms with van der Waals surface area (Å²) in [6.45, 7) is 0. The van der Waals surface area contributed by atoms with Gasteiger partial charge in [-0.2, -0.15) is 0 Å². The largest absolute Gasteiger partial charge is 0.450 e. The highest BCUT2D eigenvalue weighted by Gasteiger charge is 2.25. The second-order valence-electron chi connectivity index (χ2n) is 10.9. The maximum Gasteiger partial charge on any atom is 0.197 e. The first kappa shape index (κ1) is 23.1. The number of thiophene rings is 1. The van der Waals surface area contributed by atoms with E-state index in [2.05, 4.69) is 95.6 Å². The molecule has 43 heavy (non-hydrogen) atoms. The minimum atomic E-state index is 0.674. The first-order valence-corrected chi connectivity index (χ1v) is 15.2. The second kappa shape index (κ2) is 8.51. The van der Waals surface area contributed by atoms with E-state index in [1.54, 1.807) is 0 Å². The molecule has 4 nitrogen and oxygen atoms in total. The number of benzene rings is 6. The van der Waals surface area contributed by atoms with Gasteiger partial charge in [-0.1, -0.05) is 103 Å². The van der Waals surface area contributed by atoms with E-state index < -0.39 is 0 Å². The third-order valence-corrected chi connectivity index (χ3v) is 9.78. The topological polar surface area (TPSA) is 43.9 Å². The minimum Gasteiger partial charge on any atom is -0.450 e. The molecule has 200 valence electrons. The molecule has 6 aromatic carbocycles. The summed E-state index contributed by atoms with van der Waals surface area (Å²) in [6, 6.07) is 44.5. The Morgan fingerprint density at radius 1 is 0.558 bits per heavy atom. The van der Waals surface area contributed by atoms with Crippen molar-refractivity contribution in [2.75, 3.05) is 0 Å². The van der Waals surface area contributed by atoms with Crippen molar-refractivity contribution in [1.29, 1.82) is 0 Å². The number of hydrogen-bond acceptors (Lipinski definition) is 4. The second-order valence-corrected chi connectivity index (χ2v) is 12.0. The summed E-state index contributed by atoms with van der Waals surface area (Å²) in [7, 11) is 0. The number of furan rings is 1. The van der Waals surface area contributed by atoms with Crippen LogP contribution in [0.4, 0.5) is 0 Å². The van der Waals surface area contributed by atoms with Crippen molar-refractivity contribution >= 4 is 86.2 Å². The van der Waals surface area contributed by atoms with Gasteiger partial charge in [-0.15, -0.1) is 11.3 Å². The van der Waals surface area contributed by atoms with Crippen molar-refractivity contribution in [1.82, 2.24) is 14.5 Å². The molecule has 0 radical (unpaired) electrons. The van der Waals surface area contributed by atoms with Crippen LogP contribution in [0.25, 0.3) is 92.0 Å². The van der Waals surface area contributed by atoms with Gasteiger partial charge in [0.1, 0.15) is 11.1 Å². The first-order valence-electron chi connectivity index (χ1n) is 14.4. The molecule has 10 rings (SSSR count). The predicted molar refractivity (Wildman–Crippen MR) is 179 cm³/mol. The Morgan fingerprint density at radius 3 is 2.09 bits per heavy atom. The van der Waals surface area contributed by atoms with Crippen molar-refractivity contribution in [3.05, 3.63) is 127 Å². The number of para-hydroxylation sites is 2. The van der Waals surface area contributed by atoms with E-state index >= 15 is 0 Å². The highest BCUT2D eigenvalue weighted by molar-refractivity contribution is 7.27. The summed E-state index contributed by atoms with van der Waals surface area (Å²) in [5, 5.41) is 8.46. The quantitative estimate of drug-likeness (QED) is 0.209. The average molecular weight is 568 g/mol. The lowest BCUT2D eigenvalue weighted by atomic mass is 10.00. The molecule has 4 heterocycles. The maximum atomic E-state index is 6.60. The van der Waals surface area contributed by atoms with Gasteiger partial charge in [0.25, 0.3) is 0 Å². The predicted octanol–water partition coefficient (Wildman–Crippen LogP) is 10.7. The van der Waals surface area contributed by atoms with E-state index in [0.29, 0.717) is 11.4 Å². The highest BCUT2D eigenvalue weighted by atomic mass is 32.1. The van der Waals surface area contributed by atoms with E-state index in [9.17, 15) is 0 Å². The number of nitrogens with zero attached hydrogens (tertiary/aromatic N) is 3. The molecule has 0 unspecified atom stereocenters. The molecule has 0 atom stereocenters. The molecule has 0 saturated carbocycles. The van der Waals surface area contributed by atoms with Crippen LogP contribution in [0.1, 0.15) is 0 Å². The lowest BCUT2D eigenvalue weighted by Gasteiger charge is -2.12. The summed E-state index contributed by atoms with van der Waals surface area (Å²) in [6.07, 6.45) is 0. The zero-order valence-electron chi connectivity index (χ0n) is 22.8. The Balaban J connectivity index is 1.48. The zero-order valence-corrected chi connectivity index (χ0v) is 23.6. The Bertz CT molecular complexity index is 2730. The molecule has 0 bridgehead atoms. The van der Waals surface area contributed by atoms with Crippen LogP contribution >= 0.6 is 11.3 Å². The van der Waals surface area contributed by atoms with Crippen LogP contribution in [-0.4, -0.2) is 14.5 Å². The third-order valence-electron chi connectivity index (χ3n) is 8.59. The van der Waals surface area contributed by atoms with Gasteiger partial charge >= 0.3 is 0 Å². The van der Waals surface area contributed by atoms with Crippen LogP contribution < -0.4 is 0 Å². The fourth-order valence-electron chi connectivity index (χ4n) is 6.79. The molecular formula is C38H21N3OS. The average Bonchev–Trinajstić information content (AvgIpc) is 3.75. The lowest BCUT2D eigenvalue weighted by Crippen LogP contribution is -2.02. The molecule has 0 amide bonds. The SMILES string of the molecule is c1ccc(-c2nc(-n3c4ccccc4c4c5sc6ccccc6c5c5ccccc5c43)c3oc4ccccc4c3n2)cc1. The van der Waals surface area contributed by atoms with Crippen LogP contribution in [0, 0.1) is 0 Å². The highest BCUT2D eigenvalue weighted by Crippen LogP contribution is 2.48. The smallest absolute Gasteiger partial charge is 0.197 e. The minimum absolute atomic E-state index is 0.674. The van der Waals surface area contributed by atoms with Gasteiger partial charge in [-0.3, -0.25) is 4.57 Å². The maximum absolute atomic E-state index is 6.60. The molecule has 4 aromatic heterocycles. The lowest BCUT2D eigenvalue weighted by molar-refractivity contribution is 0.662. The summed E-state index contributed by atoms with van der Waals surface area (Å²) in [5.74, 6) is 1.42. The van der Waals surface area contributed by atoms with Gasteiger partial charge in [0, 0.05) is 47.3 Å². The molecule has 0 aliphatic carbocycles. The Kier molecular flexibility index (Phi) is 4.57. The number of hydrogen-bond donors (Lipinski definition) is 0. The van der Waals surface area contributed by atoms with Gasteiger partial charge in [0.2, 0.25) is 0 Å². The molecule has 0 fully saturated rings. The third kappa shape index (κ3) is 3.09. The molecule has 0 aliphatic rings. The van der Waals surface area contributed by atoms with Gasteiger partial charge in [0.15, 0.2) is 17.2 Å². The molecule has 5 heteroatoms. The normalized spacial score (nSPS) is 12.2. The van der Waals surface area contributed by atoms with E-state index in [0.717, 1.165) is 38.9 Å². The molecule has 0 saturated heterocycles. The summed E-state index contributed by atoms with van der Waals surface area (Å²) >= 11 is 1.87. The molecule has 0 aliphatic heterocycles. The van der Waals surface area contributed by atoms with E-state index in [1.165, 1.54) is 41.7 Å². The van der Waals surface area contributed by atoms with Crippen LogP contribution in [0.3, 0.4) is 0 Å². The van der Waals surface area contributed by atoms with E-state index in [-0.39, 0.29) is 0 Å². The van der Waals surface area contributed by atoms with Crippen LogP contribution in [0.5, 0.6) is 0 Å². The summed E-state index contributed by atoms with van der Waals surface area (Å²) < 4.78 is 11.5. The number of fused-ring (bicyclic) bond motifs is 13. The number of aromatic nitrogens is 3. The van der Waals surface area contributed by atoms with Crippen molar-refractivity contribution in [2.24, 2.45) is 0 Å². The standard InChI is InChI=1S/C38H21N3OS/c1-2-12-22(13-3-1)37-39-33-26-17-7-10-20-29(26)42-35(33)38(40-37)41-28-19-9-6-16-25(28)32-34(41)24-15-5-4-14-23(24)31-27-18-8-11-21-30(27)43-36(31)32/h1-21H. The zero-order chi connectivity index (χ0) is 28.1. The Hall–Kier alpha value is -5.52. The Labute approximate surface area is 249 Å². The molecule has 10 aromatic rings. The van der Waals surface area contributed by atoms with Crippen molar-refractivity contribution < 1.29 is 4.42 Å². The van der Waals surface area contributed by atoms with Crippen molar-refractivity contribution in [2.45, 2.75) is 0 Å². The van der Waals surface area contributed by atoms with Gasteiger partial charge in [-0.05, 0) is 29.7 Å². The molecular weight excluding hydrogens is 547 g/mol. The summed E-state index contributed by atoms with van der Waals surface area (Å²) in [5.41, 5.74) is 5.49. The fraction of sp³-hybridized carbons (Fsp3) is 0.